The van der Waals surface area contributed by atoms with Crippen LogP contribution in [0, 0.1) is 0 Å². The molecule has 9 nitrogen and oxygen atoms in total. The zero-order valence-electron chi connectivity index (χ0n) is 19.3. The number of carbonyl (C=O) groups excluding carboxylic acids is 1. The molecule has 1 aromatic heterocycles. The molecule has 10 heteroatoms. The molecule has 33 heavy (non-hydrogen) atoms. The van der Waals surface area contributed by atoms with Crippen LogP contribution in [0.4, 0.5) is 0 Å². The normalized spacial score (nSPS) is 12.7. The second-order valence-electron chi connectivity index (χ2n) is 9.10. The van der Waals surface area contributed by atoms with Crippen molar-refractivity contribution in [3.05, 3.63) is 41.7 Å². The second kappa shape index (κ2) is 12.2. The number of aliphatic carboxylic acids is 1. The Morgan fingerprint density at radius 2 is 1.82 bits per heavy atom. The Bertz CT molecular complexity index is 904. The van der Waals surface area contributed by atoms with Gasteiger partial charge in [0.05, 0.1) is 25.2 Å². The zero-order chi connectivity index (χ0) is 23.9. The number of rotatable bonds is 11. The van der Waals surface area contributed by atoms with Crippen LogP contribution in [0.3, 0.4) is 0 Å². The molecule has 1 amide bonds. The first-order valence-corrected chi connectivity index (χ1v) is 11.2. The monoisotopic (exact) mass is 479 g/mol. The maximum atomic E-state index is 12.6. The molecule has 0 saturated carbocycles. The number of carboxylic acids is 1. The van der Waals surface area contributed by atoms with Gasteiger partial charge in [-0.05, 0) is 19.4 Å². The van der Waals surface area contributed by atoms with E-state index < -0.39 is 17.6 Å². The summed E-state index contributed by atoms with van der Waals surface area (Å²) < 4.78 is 7.46. The topological polar surface area (TPSA) is 132 Å². The molecule has 0 unspecified atom stereocenters. The van der Waals surface area contributed by atoms with Crippen molar-refractivity contribution >= 4 is 23.6 Å². The number of ether oxygens (including phenoxy) is 1. The van der Waals surface area contributed by atoms with E-state index in [0.717, 1.165) is 5.56 Å². The van der Waals surface area contributed by atoms with Gasteiger partial charge in [-0.2, -0.15) is 0 Å². The molecule has 0 bridgehead atoms. The van der Waals surface area contributed by atoms with Gasteiger partial charge in [-0.3, -0.25) is 9.59 Å². The number of nitrogens with two attached hydrogens (primary N) is 1. The molecule has 1 heterocycles. The van der Waals surface area contributed by atoms with Crippen LogP contribution in [0.25, 0.3) is 0 Å². The molecule has 0 spiro atoms. The SMILES string of the molecule is C.CC(C)(C)Sc1nnc([C@@H](COCc2ccccc2)NC(=O)C(C)(C)N)n1CCC(=O)O. The molecule has 1 aromatic carbocycles. The van der Waals surface area contributed by atoms with Crippen LogP contribution < -0.4 is 11.1 Å². The maximum absolute atomic E-state index is 12.6. The van der Waals surface area contributed by atoms with Crippen LogP contribution in [0.2, 0.25) is 0 Å². The van der Waals surface area contributed by atoms with Crippen LogP contribution in [0.5, 0.6) is 0 Å². The third-order valence-corrected chi connectivity index (χ3v) is 5.39. The molecular formula is C23H37N5O4S. The van der Waals surface area contributed by atoms with Crippen LogP contribution in [-0.4, -0.2) is 48.6 Å². The fourth-order valence-corrected chi connectivity index (χ4v) is 3.64. The molecule has 2 aromatic rings. The quantitative estimate of drug-likeness (QED) is 0.418. The molecule has 0 saturated heterocycles. The van der Waals surface area contributed by atoms with E-state index in [9.17, 15) is 14.7 Å². The molecule has 0 aliphatic heterocycles. The number of hydrogen-bond acceptors (Lipinski definition) is 7. The smallest absolute Gasteiger partial charge is 0.305 e. The predicted molar refractivity (Wildman–Crippen MR) is 130 cm³/mol. The molecule has 0 aliphatic rings. The zero-order valence-corrected chi connectivity index (χ0v) is 20.1. The van der Waals surface area contributed by atoms with E-state index >= 15 is 0 Å². The van der Waals surface area contributed by atoms with Gasteiger partial charge in [0.1, 0.15) is 6.04 Å². The van der Waals surface area contributed by atoms with Crippen molar-refractivity contribution in [3.8, 4) is 0 Å². The molecule has 0 radical (unpaired) electrons. The number of nitrogens with zero attached hydrogens (tertiary/aromatic N) is 3. The molecule has 2 rings (SSSR count). The predicted octanol–water partition coefficient (Wildman–Crippen LogP) is 3.39. The van der Waals surface area contributed by atoms with Crippen LogP contribution in [0.15, 0.2) is 35.5 Å². The lowest BCUT2D eigenvalue weighted by Crippen LogP contribution is -2.51. The summed E-state index contributed by atoms with van der Waals surface area (Å²) >= 11 is 1.48. The standard InChI is InChI=1S/C22H33N5O4S.CH4/c1-21(2,3)32-20-26-25-18(27(20)12-11-17(28)29)16(24-19(30)22(4,5)23)14-31-13-15-9-7-6-8-10-15;/h6-10,16H,11-14,23H2,1-5H3,(H,24,30)(H,28,29);1H4/t16-;/m1./s1. The van der Waals surface area contributed by atoms with Gasteiger partial charge in [-0.1, -0.05) is 70.3 Å². The molecular weight excluding hydrogens is 442 g/mol. The van der Waals surface area contributed by atoms with Gasteiger partial charge in [0.15, 0.2) is 11.0 Å². The lowest BCUT2D eigenvalue weighted by molar-refractivity contribution is -0.137. The fourth-order valence-electron chi connectivity index (χ4n) is 2.72. The van der Waals surface area contributed by atoms with Crippen LogP contribution >= 0.6 is 11.8 Å². The van der Waals surface area contributed by atoms with Crippen LogP contribution in [0.1, 0.15) is 65.9 Å². The van der Waals surface area contributed by atoms with Crippen molar-refractivity contribution in [1.29, 1.82) is 0 Å². The number of amides is 1. The average molecular weight is 480 g/mol. The summed E-state index contributed by atoms with van der Waals surface area (Å²) in [5.74, 6) is -0.868. The number of carbonyl (C=O) groups is 2. The number of nitrogens with one attached hydrogen (secondary N) is 1. The number of aromatic nitrogens is 3. The first kappa shape index (κ1) is 28.6. The van der Waals surface area contributed by atoms with E-state index in [1.54, 1.807) is 18.4 Å². The number of benzene rings is 1. The lowest BCUT2D eigenvalue weighted by atomic mass is 10.1. The Labute approximate surface area is 200 Å². The minimum atomic E-state index is -1.10. The van der Waals surface area contributed by atoms with Gasteiger partial charge in [-0.25, -0.2) is 0 Å². The minimum Gasteiger partial charge on any atom is -0.481 e. The highest BCUT2D eigenvalue weighted by Crippen LogP contribution is 2.32. The Kier molecular flexibility index (Phi) is 10.5. The largest absolute Gasteiger partial charge is 0.481 e. The summed E-state index contributed by atoms with van der Waals surface area (Å²) in [6.07, 6.45) is -0.101. The number of thioether (sulfide) groups is 1. The fraction of sp³-hybridized carbons (Fsp3) is 0.565. The number of carboxylic acid groups (broad SMARTS) is 1. The lowest BCUT2D eigenvalue weighted by Gasteiger charge is -2.25. The first-order valence-electron chi connectivity index (χ1n) is 10.4. The van der Waals surface area contributed by atoms with E-state index in [4.69, 9.17) is 10.5 Å². The Morgan fingerprint density at radius 3 is 2.36 bits per heavy atom. The molecule has 0 aliphatic carbocycles. The van der Waals surface area contributed by atoms with Gasteiger partial charge < -0.3 is 25.5 Å². The summed E-state index contributed by atoms with van der Waals surface area (Å²) in [7, 11) is 0. The Balaban J connectivity index is 0.00000544. The summed E-state index contributed by atoms with van der Waals surface area (Å²) in [5.41, 5.74) is 5.86. The van der Waals surface area contributed by atoms with E-state index in [-0.39, 0.29) is 37.7 Å². The molecule has 0 fully saturated rings. The maximum Gasteiger partial charge on any atom is 0.305 e. The highest BCUT2D eigenvalue weighted by molar-refractivity contribution is 8.00. The van der Waals surface area contributed by atoms with Gasteiger partial charge in [0, 0.05) is 11.3 Å². The van der Waals surface area contributed by atoms with Crippen molar-refractivity contribution in [2.24, 2.45) is 5.73 Å². The van der Waals surface area contributed by atoms with Crippen LogP contribution in [-0.2, 0) is 27.5 Å². The number of hydrogen-bond donors (Lipinski definition) is 3. The molecule has 4 N–H and O–H groups in total. The summed E-state index contributed by atoms with van der Waals surface area (Å²) in [5, 5.41) is 21.3. The summed E-state index contributed by atoms with van der Waals surface area (Å²) in [4.78, 5) is 23.9. The summed E-state index contributed by atoms with van der Waals surface area (Å²) in [6.45, 7) is 9.98. The average Bonchev–Trinajstić information content (AvgIpc) is 3.06. The van der Waals surface area contributed by atoms with E-state index in [0.29, 0.717) is 17.6 Å². The van der Waals surface area contributed by atoms with Gasteiger partial charge in [-0.15, -0.1) is 10.2 Å². The Hall–Kier alpha value is -2.43. The third kappa shape index (κ3) is 9.53. The van der Waals surface area contributed by atoms with Gasteiger partial charge >= 0.3 is 5.97 Å². The van der Waals surface area contributed by atoms with Gasteiger partial charge in [0.2, 0.25) is 5.91 Å². The van der Waals surface area contributed by atoms with E-state index in [1.807, 2.05) is 51.1 Å². The minimum absolute atomic E-state index is 0. The summed E-state index contributed by atoms with van der Waals surface area (Å²) in [6, 6.07) is 9.02. The Morgan fingerprint density at radius 1 is 1.18 bits per heavy atom. The van der Waals surface area contributed by atoms with Crippen molar-refractivity contribution in [3.63, 3.8) is 0 Å². The second-order valence-corrected chi connectivity index (χ2v) is 10.9. The van der Waals surface area contributed by atoms with Gasteiger partial charge in [0.25, 0.3) is 0 Å². The molecule has 184 valence electrons. The van der Waals surface area contributed by atoms with Crippen molar-refractivity contribution in [1.82, 2.24) is 20.1 Å². The highest BCUT2D eigenvalue weighted by Gasteiger charge is 2.30. The van der Waals surface area contributed by atoms with Crippen molar-refractivity contribution in [2.45, 2.75) is 83.1 Å². The third-order valence-electron chi connectivity index (χ3n) is 4.29. The van der Waals surface area contributed by atoms with E-state index in [1.165, 1.54) is 11.8 Å². The van der Waals surface area contributed by atoms with Crippen molar-refractivity contribution < 1.29 is 19.4 Å². The first-order chi connectivity index (χ1) is 14.9. The molecule has 1 atom stereocenters. The van der Waals surface area contributed by atoms with E-state index in [2.05, 4.69) is 15.5 Å². The van der Waals surface area contributed by atoms with Crippen molar-refractivity contribution in [2.75, 3.05) is 6.61 Å². The highest BCUT2D eigenvalue weighted by atomic mass is 32.2.